The van der Waals surface area contributed by atoms with Crippen molar-refractivity contribution >= 4 is 45.0 Å². The zero-order valence-electron chi connectivity index (χ0n) is 18.7. The van der Waals surface area contributed by atoms with Crippen LogP contribution in [0.2, 0.25) is 0 Å². The summed E-state index contributed by atoms with van der Waals surface area (Å²) in [7, 11) is 0. The molecule has 0 unspecified atom stereocenters. The molecule has 1 amide bonds. The number of likely N-dealkylation sites (N-methyl/N-ethyl adjacent to an activating group) is 1. The predicted molar refractivity (Wildman–Crippen MR) is 128 cm³/mol. The molecule has 0 atom stereocenters. The van der Waals surface area contributed by atoms with Crippen LogP contribution in [0.3, 0.4) is 0 Å². The fourth-order valence-electron chi connectivity index (χ4n) is 3.31. The molecule has 2 aromatic heterocycles. The van der Waals surface area contributed by atoms with Crippen molar-refractivity contribution in [2.75, 3.05) is 31.1 Å². The van der Waals surface area contributed by atoms with Gasteiger partial charge in [0, 0.05) is 25.3 Å². The number of nitrogens with zero attached hydrogens (tertiary/aromatic N) is 5. The average Bonchev–Trinajstić information content (AvgIpc) is 3.36. The van der Waals surface area contributed by atoms with E-state index in [0.29, 0.717) is 12.2 Å². The van der Waals surface area contributed by atoms with Crippen molar-refractivity contribution in [1.29, 1.82) is 0 Å². The lowest BCUT2D eigenvalue weighted by Gasteiger charge is -2.24. The second-order valence-corrected chi connectivity index (χ2v) is 8.61. The number of halogens is 1. The fourth-order valence-corrected chi connectivity index (χ4v) is 4.44. The molecule has 2 heterocycles. The summed E-state index contributed by atoms with van der Waals surface area (Å²) >= 11 is 1.59. The second kappa shape index (κ2) is 10.4. The molecule has 0 bridgehead atoms. The number of fused-ring (bicyclic) bond motifs is 1. The van der Waals surface area contributed by atoms with E-state index in [-0.39, 0.29) is 24.4 Å². The topological polar surface area (TPSA) is 54.3 Å². The van der Waals surface area contributed by atoms with Crippen molar-refractivity contribution in [2.24, 2.45) is 0 Å². The number of thiazole rings is 1. The minimum Gasteiger partial charge on any atom is -0.302 e. The number of benzene rings is 1. The fraction of sp³-hybridized carbons (Fsp3) is 0.500. The highest BCUT2D eigenvalue weighted by Crippen LogP contribution is 2.33. The minimum absolute atomic E-state index is 0. The van der Waals surface area contributed by atoms with Gasteiger partial charge in [-0.3, -0.25) is 14.4 Å². The van der Waals surface area contributed by atoms with Gasteiger partial charge >= 0.3 is 0 Å². The first-order valence-electron chi connectivity index (χ1n) is 10.3. The Morgan fingerprint density at radius 2 is 1.77 bits per heavy atom. The lowest BCUT2D eigenvalue weighted by atomic mass is 10.1. The van der Waals surface area contributed by atoms with Crippen LogP contribution in [0.25, 0.3) is 10.2 Å². The van der Waals surface area contributed by atoms with Gasteiger partial charge in [-0.05, 0) is 58.0 Å². The molecule has 0 aliphatic heterocycles. The van der Waals surface area contributed by atoms with Crippen LogP contribution in [0, 0.1) is 13.8 Å². The highest BCUT2D eigenvalue weighted by Gasteiger charge is 2.24. The first-order chi connectivity index (χ1) is 13.8. The third kappa shape index (κ3) is 5.02. The van der Waals surface area contributed by atoms with E-state index >= 15 is 0 Å². The molecular formula is C22H32ClN5OS. The molecule has 0 aliphatic rings. The summed E-state index contributed by atoms with van der Waals surface area (Å²) in [4.78, 5) is 22.4. The number of aryl methyl sites for hydroxylation is 2. The summed E-state index contributed by atoms with van der Waals surface area (Å²) < 4.78 is 2.97. The van der Waals surface area contributed by atoms with Gasteiger partial charge in [-0.15, -0.1) is 12.4 Å². The van der Waals surface area contributed by atoms with Crippen molar-refractivity contribution in [3.63, 3.8) is 0 Å². The summed E-state index contributed by atoms with van der Waals surface area (Å²) in [5.41, 5.74) is 3.77. The van der Waals surface area contributed by atoms with Crippen LogP contribution < -0.4 is 4.90 Å². The first-order valence-corrected chi connectivity index (χ1v) is 11.1. The Hall–Kier alpha value is -1.96. The van der Waals surface area contributed by atoms with Gasteiger partial charge < -0.3 is 4.90 Å². The Balaban J connectivity index is 0.00000320. The van der Waals surface area contributed by atoms with Gasteiger partial charge in [-0.25, -0.2) is 4.98 Å². The van der Waals surface area contributed by atoms with Crippen LogP contribution in [0.1, 0.15) is 55.4 Å². The maximum Gasteiger partial charge on any atom is 0.280 e. The Bertz CT molecular complexity index is 954. The van der Waals surface area contributed by atoms with E-state index in [0.717, 1.165) is 40.5 Å². The molecule has 0 radical (unpaired) electrons. The molecule has 8 heteroatoms. The molecule has 6 nitrogen and oxygen atoms in total. The van der Waals surface area contributed by atoms with E-state index in [1.807, 2.05) is 10.9 Å². The molecule has 0 N–H and O–H groups in total. The number of hydrogen-bond donors (Lipinski definition) is 0. The summed E-state index contributed by atoms with van der Waals surface area (Å²) in [6.07, 6.45) is 1.87. The summed E-state index contributed by atoms with van der Waals surface area (Å²) in [6.45, 7) is 15.9. The second-order valence-electron chi connectivity index (χ2n) is 7.63. The molecule has 164 valence electrons. The van der Waals surface area contributed by atoms with E-state index in [9.17, 15) is 4.79 Å². The zero-order chi connectivity index (χ0) is 21.1. The maximum atomic E-state index is 13.4. The van der Waals surface area contributed by atoms with E-state index < -0.39 is 0 Å². The van der Waals surface area contributed by atoms with Crippen molar-refractivity contribution in [3.05, 3.63) is 41.2 Å². The zero-order valence-corrected chi connectivity index (χ0v) is 20.3. The monoisotopic (exact) mass is 449 g/mol. The largest absolute Gasteiger partial charge is 0.302 e. The molecule has 0 saturated carbocycles. The highest BCUT2D eigenvalue weighted by molar-refractivity contribution is 7.22. The van der Waals surface area contributed by atoms with Gasteiger partial charge in [-0.1, -0.05) is 37.3 Å². The van der Waals surface area contributed by atoms with E-state index in [4.69, 9.17) is 4.98 Å². The smallest absolute Gasteiger partial charge is 0.280 e. The van der Waals surface area contributed by atoms with Crippen molar-refractivity contribution < 1.29 is 4.79 Å². The predicted octanol–water partition coefficient (Wildman–Crippen LogP) is 5.10. The van der Waals surface area contributed by atoms with Crippen LogP contribution in [-0.2, 0) is 0 Å². The van der Waals surface area contributed by atoms with Gasteiger partial charge in [0.2, 0.25) is 0 Å². The number of carbonyl (C=O) groups excluding carboxylic acids is 1. The Labute approximate surface area is 189 Å². The lowest BCUT2D eigenvalue weighted by molar-refractivity contribution is 0.0978. The summed E-state index contributed by atoms with van der Waals surface area (Å²) in [6, 6.07) is 6.23. The Morgan fingerprint density at radius 1 is 1.10 bits per heavy atom. The average molecular weight is 450 g/mol. The molecule has 0 aliphatic carbocycles. The van der Waals surface area contributed by atoms with Gasteiger partial charge in [0.1, 0.15) is 0 Å². The molecule has 30 heavy (non-hydrogen) atoms. The van der Waals surface area contributed by atoms with Gasteiger partial charge in [-0.2, -0.15) is 5.10 Å². The highest BCUT2D eigenvalue weighted by atomic mass is 35.5. The van der Waals surface area contributed by atoms with Crippen LogP contribution in [0.4, 0.5) is 5.13 Å². The third-order valence-corrected chi connectivity index (χ3v) is 6.51. The Morgan fingerprint density at radius 3 is 2.33 bits per heavy atom. The van der Waals surface area contributed by atoms with Crippen LogP contribution in [0.15, 0.2) is 24.4 Å². The first kappa shape index (κ1) is 24.3. The molecule has 0 saturated heterocycles. The quantitative estimate of drug-likeness (QED) is 0.480. The SMILES string of the molecule is CCN(CC)CCN(C(=O)c1ccn(C(C)C)n1)c1nc2c(C)ccc(C)c2s1.Cl. The molecule has 0 fully saturated rings. The molecule has 3 rings (SSSR count). The standard InChI is InChI=1S/C22H31N5OS.ClH/c1-7-25(8-2)13-14-26(21(28)18-11-12-27(24-18)15(3)4)22-23-19-16(5)9-10-17(6)20(19)29-22;/h9-12,15H,7-8,13-14H2,1-6H3;1H. The van der Waals surface area contributed by atoms with Gasteiger partial charge in [0.15, 0.2) is 10.8 Å². The lowest BCUT2D eigenvalue weighted by Crippen LogP contribution is -2.39. The van der Waals surface area contributed by atoms with Crippen molar-refractivity contribution in [1.82, 2.24) is 19.7 Å². The minimum atomic E-state index is -0.0917. The van der Waals surface area contributed by atoms with Crippen LogP contribution in [-0.4, -0.2) is 51.8 Å². The van der Waals surface area contributed by atoms with E-state index in [1.165, 1.54) is 5.56 Å². The third-order valence-electron chi connectivity index (χ3n) is 5.30. The van der Waals surface area contributed by atoms with E-state index in [1.54, 1.807) is 22.3 Å². The molecular weight excluding hydrogens is 418 g/mol. The summed E-state index contributed by atoms with van der Waals surface area (Å²) in [5, 5.41) is 5.25. The van der Waals surface area contributed by atoms with Crippen molar-refractivity contribution in [3.8, 4) is 0 Å². The number of hydrogen-bond acceptors (Lipinski definition) is 5. The molecule has 3 aromatic rings. The van der Waals surface area contributed by atoms with Crippen molar-refractivity contribution in [2.45, 2.75) is 47.6 Å². The number of carbonyl (C=O) groups is 1. The molecule has 1 aromatic carbocycles. The van der Waals surface area contributed by atoms with E-state index in [2.05, 4.69) is 63.7 Å². The number of rotatable bonds is 8. The normalized spacial score (nSPS) is 11.3. The number of anilines is 1. The van der Waals surface area contributed by atoms with Gasteiger partial charge in [0.05, 0.1) is 10.2 Å². The Kier molecular flexibility index (Phi) is 8.41. The maximum absolute atomic E-state index is 13.4. The van der Waals surface area contributed by atoms with Gasteiger partial charge in [0.25, 0.3) is 5.91 Å². The number of amides is 1. The molecule has 0 spiro atoms. The summed E-state index contributed by atoms with van der Waals surface area (Å²) in [5.74, 6) is -0.0917. The van der Waals surface area contributed by atoms with Crippen LogP contribution >= 0.6 is 23.7 Å². The van der Waals surface area contributed by atoms with Crippen LogP contribution in [0.5, 0.6) is 0 Å². The number of aromatic nitrogens is 3.